The molecule has 0 aliphatic rings. The van der Waals surface area contributed by atoms with E-state index < -0.39 is 5.97 Å². The second kappa shape index (κ2) is 7.50. The van der Waals surface area contributed by atoms with E-state index in [0.29, 0.717) is 19.6 Å². The van der Waals surface area contributed by atoms with E-state index in [1.807, 2.05) is 6.92 Å². The summed E-state index contributed by atoms with van der Waals surface area (Å²) in [6, 6.07) is 0. The van der Waals surface area contributed by atoms with E-state index in [9.17, 15) is 4.79 Å². The summed E-state index contributed by atoms with van der Waals surface area (Å²) in [4.78, 5) is 13.8. The summed E-state index contributed by atoms with van der Waals surface area (Å²) in [5.41, 5.74) is 0. The van der Waals surface area contributed by atoms with Gasteiger partial charge >= 0.3 is 5.97 Å². The van der Waals surface area contributed by atoms with Crippen molar-refractivity contribution in [3.63, 3.8) is 0 Å². The molecule has 0 aromatic rings. The molecule has 0 bridgehead atoms. The van der Waals surface area contributed by atoms with Crippen LogP contribution in [0.5, 0.6) is 0 Å². The Bertz CT molecular complexity index is 103. The lowest BCUT2D eigenvalue weighted by molar-refractivity contribution is -0.234. The fourth-order valence-electron chi connectivity index (χ4n) is 0.663. The molecule has 1 N–H and O–H groups in total. The first-order valence-electron chi connectivity index (χ1n) is 3.73. The van der Waals surface area contributed by atoms with E-state index in [0.717, 1.165) is 6.42 Å². The van der Waals surface area contributed by atoms with Gasteiger partial charge in [-0.3, -0.25) is 0 Å². The van der Waals surface area contributed by atoms with Crippen molar-refractivity contribution in [3.05, 3.63) is 0 Å². The summed E-state index contributed by atoms with van der Waals surface area (Å²) >= 11 is 0. The topological polar surface area (TPSA) is 55.8 Å². The Morgan fingerprint density at radius 3 is 2.73 bits per heavy atom. The van der Waals surface area contributed by atoms with Gasteiger partial charge in [0.2, 0.25) is 0 Å². The third kappa shape index (κ3) is 7.29. The second-order valence-electron chi connectivity index (χ2n) is 2.12. The summed E-state index contributed by atoms with van der Waals surface area (Å²) in [6.07, 6.45) is 1.77. The number of rotatable bonds is 6. The van der Waals surface area contributed by atoms with Crippen LogP contribution in [0.25, 0.3) is 0 Å². The second-order valence-corrected chi connectivity index (χ2v) is 2.12. The predicted octanol–water partition coefficient (Wildman–Crippen LogP) is 1.21. The van der Waals surface area contributed by atoms with Gasteiger partial charge in [0.25, 0.3) is 0 Å². The molecule has 0 radical (unpaired) electrons. The van der Waals surface area contributed by atoms with Gasteiger partial charge in [-0.05, 0) is 19.8 Å². The summed E-state index contributed by atoms with van der Waals surface area (Å²) in [5.74, 6) is -0.582. The molecule has 11 heavy (non-hydrogen) atoms. The lowest BCUT2D eigenvalue weighted by Crippen LogP contribution is -2.01. The van der Waals surface area contributed by atoms with Crippen molar-refractivity contribution in [2.75, 3.05) is 13.2 Å². The van der Waals surface area contributed by atoms with Crippen molar-refractivity contribution in [2.24, 2.45) is 0 Å². The van der Waals surface area contributed by atoms with Crippen LogP contribution >= 0.6 is 0 Å². The summed E-state index contributed by atoms with van der Waals surface area (Å²) in [5, 5.41) is 7.86. The lowest BCUT2D eigenvalue weighted by atomic mass is 10.2. The van der Waals surface area contributed by atoms with E-state index in [1.165, 1.54) is 0 Å². The Hall–Kier alpha value is -0.610. The first kappa shape index (κ1) is 10.4. The lowest BCUT2D eigenvalue weighted by Gasteiger charge is -1.98. The minimum Gasteiger partial charge on any atom is -0.382 e. The van der Waals surface area contributed by atoms with Gasteiger partial charge in [-0.15, -0.1) is 0 Å². The molecule has 0 unspecified atom stereocenters. The molecule has 4 heteroatoms. The first-order chi connectivity index (χ1) is 5.31. The molecule has 0 spiro atoms. The zero-order valence-electron chi connectivity index (χ0n) is 6.71. The summed E-state index contributed by atoms with van der Waals surface area (Å²) in [7, 11) is 0. The normalized spacial score (nSPS) is 9.64. The first-order valence-corrected chi connectivity index (χ1v) is 3.73. The Balaban J connectivity index is 2.95. The van der Waals surface area contributed by atoms with Gasteiger partial charge < -0.3 is 9.62 Å². The molecule has 0 aromatic carbocycles. The number of hydrogen-bond acceptors (Lipinski definition) is 4. The predicted molar refractivity (Wildman–Crippen MR) is 39.1 cm³/mol. The maximum Gasteiger partial charge on any atom is 0.342 e. The fraction of sp³-hybridized carbons (Fsp3) is 0.857. The largest absolute Gasteiger partial charge is 0.382 e. The van der Waals surface area contributed by atoms with Gasteiger partial charge in [-0.2, -0.15) is 5.26 Å². The highest BCUT2D eigenvalue weighted by Crippen LogP contribution is 1.96. The zero-order valence-corrected chi connectivity index (χ0v) is 6.71. The van der Waals surface area contributed by atoms with Crippen LogP contribution in [-0.4, -0.2) is 24.4 Å². The Kier molecular flexibility index (Phi) is 7.08. The monoisotopic (exact) mass is 162 g/mol. The van der Waals surface area contributed by atoms with E-state index in [2.05, 4.69) is 4.89 Å². The van der Waals surface area contributed by atoms with Gasteiger partial charge in [0.1, 0.15) is 0 Å². The maximum absolute atomic E-state index is 10.3. The molecular formula is C7H14O4. The van der Waals surface area contributed by atoms with Crippen LogP contribution in [0.2, 0.25) is 0 Å². The minimum absolute atomic E-state index is 0.254. The molecule has 0 rings (SSSR count). The molecule has 0 aliphatic carbocycles. The van der Waals surface area contributed by atoms with Gasteiger partial charge in [-0.1, -0.05) is 0 Å². The van der Waals surface area contributed by atoms with E-state index in [-0.39, 0.29) is 6.42 Å². The Morgan fingerprint density at radius 1 is 1.45 bits per heavy atom. The highest BCUT2D eigenvalue weighted by molar-refractivity contribution is 5.68. The zero-order chi connectivity index (χ0) is 8.53. The van der Waals surface area contributed by atoms with E-state index >= 15 is 0 Å². The molecule has 0 atom stereocenters. The van der Waals surface area contributed by atoms with Crippen molar-refractivity contribution in [3.8, 4) is 0 Å². The molecule has 66 valence electrons. The summed E-state index contributed by atoms with van der Waals surface area (Å²) in [6.45, 7) is 3.28. The number of ether oxygens (including phenoxy) is 1. The summed E-state index contributed by atoms with van der Waals surface area (Å²) < 4.78 is 5.03. The average Bonchev–Trinajstić information content (AvgIpc) is 2.04. The molecule has 0 heterocycles. The van der Waals surface area contributed by atoms with Crippen molar-refractivity contribution >= 4 is 5.97 Å². The molecule has 0 saturated heterocycles. The van der Waals surface area contributed by atoms with Gasteiger partial charge in [0, 0.05) is 19.6 Å². The average molecular weight is 162 g/mol. The fourth-order valence-corrected chi connectivity index (χ4v) is 0.663. The SMILES string of the molecule is CCOCCCCC(=O)OO. The van der Waals surface area contributed by atoms with Crippen molar-refractivity contribution in [1.29, 1.82) is 0 Å². The van der Waals surface area contributed by atoms with Crippen LogP contribution < -0.4 is 0 Å². The quantitative estimate of drug-likeness (QED) is 0.362. The van der Waals surface area contributed by atoms with Crippen LogP contribution in [0, 0.1) is 0 Å². The van der Waals surface area contributed by atoms with Crippen LogP contribution in [0.15, 0.2) is 0 Å². The van der Waals surface area contributed by atoms with Gasteiger partial charge in [-0.25, -0.2) is 4.79 Å². The van der Waals surface area contributed by atoms with Crippen LogP contribution in [0.4, 0.5) is 0 Å². The van der Waals surface area contributed by atoms with Crippen molar-refractivity contribution in [1.82, 2.24) is 0 Å². The number of carbonyl (C=O) groups is 1. The standard InChI is InChI=1S/C7H14O4/c1-2-10-6-4-3-5-7(8)11-9/h9H,2-6H2,1H3. The third-order valence-electron chi connectivity index (χ3n) is 1.23. The third-order valence-corrected chi connectivity index (χ3v) is 1.23. The van der Waals surface area contributed by atoms with E-state index in [4.69, 9.17) is 9.99 Å². The molecule has 0 aromatic heterocycles. The highest BCUT2D eigenvalue weighted by Gasteiger charge is 1.99. The maximum atomic E-state index is 10.3. The van der Waals surface area contributed by atoms with Crippen LogP contribution in [0.3, 0.4) is 0 Å². The highest BCUT2D eigenvalue weighted by atomic mass is 17.1. The van der Waals surface area contributed by atoms with Gasteiger partial charge in [0.05, 0.1) is 0 Å². The van der Waals surface area contributed by atoms with E-state index in [1.54, 1.807) is 0 Å². The molecule has 0 aliphatic heterocycles. The minimum atomic E-state index is -0.582. The van der Waals surface area contributed by atoms with Gasteiger partial charge in [0.15, 0.2) is 0 Å². The molecule has 0 amide bonds. The molecule has 0 saturated carbocycles. The molecule has 4 nitrogen and oxygen atoms in total. The van der Waals surface area contributed by atoms with Crippen LogP contribution in [0.1, 0.15) is 26.2 Å². The molecule has 0 fully saturated rings. The molecular weight excluding hydrogens is 148 g/mol. The smallest absolute Gasteiger partial charge is 0.342 e. The van der Waals surface area contributed by atoms with Crippen molar-refractivity contribution < 1.29 is 19.7 Å². The Labute approximate surface area is 66.0 Å². The number of hydrogen-bond donors (Lipinski definition) is 1. The van der Waals surface area contributed by atoms with Crippen LogP contribution in [-0.2, 0) is 14.4 Å². The number of unbranched alkanes of at least 4 members (excludes halogenated alkanes) is 1. The number of carbonyl (C=O) groups excluding carboxylic acids is 1. The Morgan fingerprint density at radius 2 is 2.18 bits per heavy atom. The van der Waals surface area contributed by atoms with Crippen molar-refractivity contribution in [2.45, 2.75) is 26.2 Å².